The number of nitrogens with zero attached hydrogens (tertiary/aromatic N) is 2. The summed E-state index contributed by atoms with van der Waals surface area (Å²) in [6.07, 6.45) is 2.85. The third kappa shape index (κ3) is 1.14. The molecular weight excluding hydrogens is 187 g/mol. The van der Waals surface area contributed by atoms with Crippen molar-refractivity contribution < 1.29 is 14.3 Å². The molecule has 0 bridgehead atoms. The first-order valence-electron chi connectivity index (χ1n) is 3.96. The summed E-state index contributed by atoms with van der Waals surface area (Å²) in [4.78, 5) is 14.2. The molecule has 0 unspecified atom stereocenters. The van der Waals surface area contributed by atoms with Crippen molar-refractivity contribution >= 4 is 11.6 Å². The van der Waals surface area contributed by atoms with Crippen LogP contribution in [0.25, 0.3) is 5.65 Å². The lowest BCUT2D eigenvalue weighted by molar-refractivity contribution is 0.0691. The highest BCUT2D eigenvalue weighted by Crippen LogP contribution is 2.13. The second-order valence-corrected chi connectivity index (χ2v) is 2.97. The van der Waals surface area contributed by atoms with E-state index < -0.39 is 11.8 Å². The van der Waals surface area contributed by atoms with E-state index in [1.54, 1.807) is 19.2 Å². The van der Waals surface area contributed by atoms with E-state index in [1.165, 1.54) is 10.6 Å². The standard InChI is InChI=1S/C9H7FN2O2/c1-5-2-3-12-4-6(9(13)14)11-8(12)7(5)10/h2-4H,1H3,(H,13,14). The van der Waals surface area contributed by atoms with Gasteiger partial charge in [0.2, 0.25) is 0 Å². The number of carboxylic acids is 1. The summed E-state index contributed by atoms with van der Waals surface area (Å²) in [6, 6.07) is 1.57. The lowest BCUT2D eigenvalue weighted by Crippen LogP contribution is -1.95. The Bertz CT molecular complexity index is 519. The Kier molecular flexibility index (Phi) is 1.73. The predicted octanol–water partition coefficient (Wildman–Crippen LogP) is 1.48. The van der Waals surface area contributed by atoms with Crippen molar-refractivity contribution in [1.29, 1.82) is 0 Å². The monoisotopic (exact) mass is 194 g/mol. The van der Waals surface area contributed by atoms with Gasteiger partial charge in [-0.05, 0) is 18.6 Å². The molecule has 0 fully saturated rings. The Labute approximate surface area is 78.6 Å². The normalized spacial score (nSPS) is 10.7. The summed E-state index contributed by atoms with van der Waals surface area (Å²) in [5.41, 5.74) is 0.330. The van der Waals surface area contributed by atoms with E-state index in [2.05, 4.69) is 4.98 Å². The number of imidazole rings is 1. The van der Waals surface area contributed by atoms with Crippen molar-refractivity contribution in [3.63, 3.8) is 0 Å². The third-order valence-corrected chi connectivity index (χ3v) is 1.98. The predicted molar refractivity (Wildman–Crippen MR) is 46.8 cm³/mol. The fraction of sp³-hybridized carbons (Fsp3) is 0.111. The van der Waals surface area contributed by atoms with Gasteiger partial charge in [0.25, 0.3) is 0 Å². The van der Waals surface area contributed by atoms with Gasteiger partial charge in [-0.15, -0.1) is 0 Å². The van der Waals surface area contributed by atoms with Crippen molar-refractivity contribution in [2.24, 2.45) is 0 Å². The first kappa shape index (κ1) is 8.68. The van der Waals surface area contributed by atoms with E-state index in [0.717, 1.165) is 0 Å². The highest BCUT2D eigenvalue weighted by Gasteiger charge is 2.12. The molecule has 0 spiro atoms. The number of carbonyl (C=O) groups is 1. The molecule has 0 amide bonds. The smallest absolute Gasteiger partial charge is 0.356 e. The second-order valence-electron chi connectivity index (χ2n) is 2.97. The van der Waals surface area contributed by atoms with E-state index in [-0.39, 0.29) is 11.3 Å². The second kappa shape index (κ2) is 2.80. The van der Waals surface area contributed by atoms with Gasteiger partial charge in [-0.2, -0.15) is 0 Å². The number of hydrogen-bond donors (Lipinski definition) is 1. The Hall–Kier alpha value is -1.91. The van der Waals surface area contributed by atoms with Crippen molar-refractivity contribution in [3.05, 3.63) is 35.5 Å². The average Bonchev–Trinajstić information content (AvgIpc) is 2.56. The maximum Gasteiger partial charge on any atom is 0.356 e. The average molecular weight is 194 g/mol. The van der Waals surface area contributed by atoms with Crippen LogP contribution in [-0.4, -0.2) is 20.5 Å². The highest BCUT2D eigenvalue weighted by molar-refractivity contribution is 5.86. The summed E-state index contributed by atoms with van der Waals surface area (Å²) in [7, 11) is 0. The number of rotatable bonds is 1. The van der Waals surface area contributed by atoms with Gasteiger partial charge in [-0.3, -0.25) is 0 Å². The number of carboxylic acid groups (broad SMARTS) is 1. The molecule has 2 heterocycles. The van der Waals surface area contributed by atoms with Crippen LogP contribution in [0.2, 0.25) is 0 Å². The van der Waals surface area contributed by atoms with Crippen LogP contribution in [0.3, 0.4) is 0 Å². The fourth-order valence-corrected chi connectivity index (χ4v) is 1.21. The first-order valence-corrected chi connectivity index (χ1v) is 3.96. The zero-order chi connectivity index (χ0) is 10.3. The van der Waals surface area contributed by atoms with Crippen LogP contribution in [0, 0.1) is 12.7 Å². The van der Waals surface area contributed by atoms with Gasteiger partial charge < -0.3 is 9.51 Å². The fourth-order valence-electron chi connectivity index (χ4n) is 1.21. The molecule has 0 radical (unpaired) electrons. The number of fused-ring (bicyclic) bond motifs is 1. The molecule has 2 rings (SSSR count). The van der Waals surface area contributed by atoms with Gasteiger partial charge in [0.15, 0.2) is 17.2 Å². The van der Waals surface area contributed by atoms with E-state index in [9.17, 15) is 9.18 Å². The maximum atomic E-state index is 13.4. The Balaban J connectivity index is 2.77. The van der Waals surface area contributed by atoms with Crippen molar-refractivity contribution in [2.75, 3.05) is 0 Å². The third-order valence-electron chi connectivity index (χ3n) is 1.98. The lowest BCUT2D eigenvalue weighted by atomic mass is 10.3. The minimum atomic E-state index is -1.16. The van der Waals surface area contributed by atoms with Gasteiger partial charge in [0, 0.05) is 12.4 Å². The maximum absolute atomic E-state index is 13.4. The van der Waals surface area contributed by atoms with Gasteiger partial charge >= 0.3 is 5.97 Å². The number of pyridine rings is 1. The van der Waals surface area contributed by atoms with Crippen LogP contribution < -0.4 is 0 Å². The molecule has 0 aliphatic heterocycles. The molecule has 2 aromatic heterocycles. The number of aromatic nitrogens is 2. The first-order chi connectivity index (χ1) is 6.59. The van der Waals surface area contributed by atoms with Gasteiger partial charge in [-0.25, -0.2) is 14.2 Å². The molecule has 14 heavy (non-hydrogen) atoms. The van der Waals surface area contributed by atoms with E-state index in [0.29, 0.717) is 5.56 Å². The Morgan fingerprint density at radius 1 is 1.64 bits per heavy atom. The topological polar surface area (TPSA) is 54.6 Å². The van der Waals surface area contributed by atoms with Crippen LogP contribution in [0.1, 0.15) is 16.1 Å². The summed E-state index contributed by atoms with van der Waals surface area (Å²) in [5.74, 6) is -1.65. The minimum Gasteiger partial charge on any atom is -0.476 e. The summed E-state index contributed by atoms with van der Waals surface area (Å²) in [5, 5.41) is 8.65. The molecule has 0 aliphatic carbocycles. The molecule has 1 N–H and O–H groups in total. The molecule has 4 nitrogen and oxygen atoms in total. The molecule has 5 heteroatoms. The van der Waals surface area contributed by atoms with Crippen LogP contribution in [0.4, 0.5) is 4.39 Å². The van der Waals surface area contributed by atoms with Crippen LogP contribution in [-0.2, 0) is 0 Å². The van der Waals surface area contributed by atoms with E-state index >= 15 is 0 Å². The van der Waals surface area contributed by atoms with Crippen LogP contribution in [0.15, 0.2) is 18.5 Å². The van der Waals surface area contributed by atoms with Crippen molar-refractivity contribution in [3.8, 4) is 0 Å². The largest absolute Gasteiger partial charge is 0.476 e. The Morgan fingerprint density at radius 3 is 3.00 bits per heavy atom. The zero-order valence-corrected chi connectivity index (χ0v) is 7.36. The molecule has 0 aliphatic rings. The van der Waals surface area contributed by atoms with Gasteiger partial charge in [-0.1, -0.05) is 0 Å². The van der Waals surface area contributed by atoms with Crippen LogP contribution >= 0.6 is 0 Å². The lowest BCUT2D eigenvalue weighted by Gasteiger charge is -1.96. The summed E-state index contributed by atoms with van der Waals surface area (Å²) >= 11 is 0. The van der Waals surface area contributed by atoms with Crippen LogP contribution in [0.5, 0.6) is 0 Å². The number of aryl methyl sites for hydroxylation is 1. The number of aromatic carboxylic acids is 1. The van der Waals surface area contributed by atoms with Crippen molar-refractivity contribution in [1.82, 2.24) is 9.38 Å². The summed E-state index contributed by atoms with van der Waals surface area (Å²) in [6.45, 7) is 1.60. The quantitative estimate of drug-likeness (QED) is 0.748. The van der Waals surface area contributed by atoms with Gasteiger partial charge in [0.05, 0.1) is 0 Å². The molecule has 0 aromatic carbocycles. The minimum absolute atomic E-state index is 0.0439. The zero-order valence-electron chi connectivity index (χ0n) is 7.36. The Morgan fingerprint density at radius 2 is 2.36 bits per heavy atom. The molecule has 2 aromatic rings. The molecule has 0 atom stereocenters. The van der Waals surface area contributed by atoms with E-state index in [1.807, 2.05) is 0 Å². The van der Waals surface area contributed by atoms with E-state index in [4.69, 9.17) is 5.11 Å². The molecule has 0 saturated carbocycles. The SMILES string of the molecule is Cc1ccn2cc(C(=O)O)nc2c1F. The number of hydrogen-bond acceptors (Lipinski definition) is 2. The van der Waals surface area contributed by atoms with Crippen molar-refractivity contribution in [2.45, 2.75) is 6.92 Å². The summed E-state index contributed by atoms with van der Waals surface area (Å²) < 4.78 is 14.8. The molecule has 72 valence electrons. The van der Waals surface area contributed by atoms with Gasteiger partial charge in [0.1, 0.15) is 0 Å². The number of halogens is 1. The highest BCUT2D eigenvalue weighted by atomic mass is 19.1. The molecule has 0 saturated heterocycles. The molecular formula is C9H7FN2O2.